The lowest BCUT2D eigenvalue weighted by atomic mass is 9.95. The van der Waals surface area contributed by atoms with E-state index in [1.165, 1.54) is 30.9 Å². The van der Waals surface area contributed by atoms with E-state index >= 15 is 0 Å². The molecule has 86 valence electrons. The summed E-state index contributed by atoms with van der Waals surface area (Å²) in [5, 5.41) is 3.47. The molecule has 0 aliphatic carbocycles. The van der Waals surface area contributed by atoms with Gasteiger partial charge in [-0.2, -0.15) is 11.8 Å². The maximum absolute atomic E-state index is 3.47. The van der Waals surface area contributed by atoms with Crippen molar-refractivity contribution in [1.82, 2.24) is 5.32 Å². The van der Waals surface area contributed by atoms with Crippen LogP contribution in [0.2, 0.25) is 0 Å². The molecule has 0 heterocycles. The van der Waals surface area contributed by atoms with Gasteiger partial charge in [0.1, 0.15) is 0 Å². The zero-order chi connectivity index (χ0) is 10.8. The van der Waals surface area contributed by atoms with Crippen molar-refractivity contribution >= 4 is 11.8 Å². The Hall–Kier alpha value is 0.310. The van der Waals surface area contributed by atoms with Gasteiger partial charge in [0.2, 0.25) is 0 Å². The van der Waals surface area contributed by atoms with E-state index in [0.29, 0.717) is 0 Å². The van der Waals surface area contributed by atoms with Crippen LogP contribution >= 0.6 is 11.8 Å². The molecule has 1 N–H and O–H groups in total. The molecule has 0 aliphatic rings. The summed E-state index contributed by atoms with van der Waals surface area (Å²) in [5.74, 6) is 4.31. The van der Waals surface area contributed by atoms with Crippen LogP contribution in [-0.4, -0.2) is 24.6 Å². The molecule has 14 heavy (non-hydrogen) atoms. The minimum absolute atomic E-state index is 0.838. The molecule has 0 aromatic heterocycles. The summed E-state index contributed by atoms with van der Waals surface area (Å²) in [4.78, 5) is 0. The van der Waals surface area contributed by atoms with E-state index in [9.17, 15) is 0 Å². The minimum Gasteiger partial charge on any atom is -0.317 e. The van der Waals surface area contributed by atoms with Crippen molar-refractivity contribution in [2.24, 2.45) is 11.8 Å². The first kappa shape index (κ1) is 14.3. The maximum Gasteiger partial charge on any atom is -0.00202 e. The minimum atomic E-state index is 0.838. The molecule has 0 fully saturated rings. The van der Waals surface area contributed by atoms with E-state index in [4.69, 9.17) is 0 Å². The lowest BCUT2D eigenvalue weighted by Gasteiger charge is -2.18. The molecule has 0 spiro atoms. The average Bonchev–Trinajstić information content (AvgIpc) is 2.13. The standard InChI is InChI=1S/C12H27NS/c1-5-13-10-12(9-11(3)4)7-8-14-6-2/h11-13H,5-10H2,1-4H3. The first-order valence-corrected chi connectivity index (χ1v) is 7.14. The van der Waals surface area contributed by atoms with Crippen molar-refractivity contribution in [3.05, 3.63) is 0 Å². The van der Waals surface area contributed by atoms with E-state index in [-0.39, 0.29) is 0 Å². The normalized spacial score (nSPS) is 13.5. The molecule has 0 radical (unpaired) electrons. The molecule has 0 amide bonds. The van der Waals surface area contributed by atoms with Crippen LogP contribution in [0.5, 0.6) is 0 Å². The van der Waals surface area contributed by atoms with Gasteiger partial charge in [-0.05, 0) is 49.3 Å². The third kappa shape index (κ3) is 8.89. The van der Waals surface area contributed by atoms with E-state index in [1.807, 2.05) is 0 Å². The van der Waals surface area contributed by atoms with Gasteiger partial charge in [0.05, 0.1) is 0 Å². The van der Waals surface area contributed by atoms with Gasteiger partial charge >= 0.3 is 0 Å². The van der Waals surface area contributed by atoms with Crippen LogP contribution in [0.4, 0.5) is 0 Å². The molecular formula is C12H27NS. The Bertz CT molecular complexity index is 115. The monoisotopic (exact) mass is 217 g/mol. The molecule has 1 atom stereocenters. The fourth-order valence-electron chi connectivity index (χ4n) is 1.71. The van der Waals surface area contributed by atoms with Gasteiger partial charge in [0, 0.05) is 0 Å². The Morgan fingerprint density at radius 1 is 1.21 bits per heavy atom. The Morgan fingerprint density at radius 2 is 1.93 bits per heavy atom. The third-order valence-electron chi connectivity index (χ3n) is 2.36. The highest BCUT2D eigenvalue weighted by Crippen LogP contribution is 2.17. The van der Waals surface area contributed by atoms with E-state index in [1.54, 1.807) is 0 Å². The van der Waals surface area contributed by atoms with Crippen LogP contribution in [0, 0.1) is 11.8 Å². The molecule has 2 heteroatoms. The highest BCUT2D eigenvalue weighted by molar-refractivity contribution is 7.99. The lowest BCUT2D eigenvalue weighted by Crippen LogP contribution is -2.24. The number of hydrogen-bond acceptors (Lipinski definition) is 2. The molecule has 0 saturated heterocycles. The molecule has 1 nitrogen and oxygen atoms in total. The third-order valence-corrected chi connectivity index (χ3v) is 3.29. The van der Waals surface area contributed by atoms with Gasteiger partial charge in [-0.1, -0.05) is 27.7 Å². The Labute approximate surface area is 94.4 Å². The number of hydrogen-bond donors (Lipinski definition) is 1. The number of nitrogens with one attached hydrogen (secondary N) is 1. The smallest absolute Gasteiger partial charge is 0.00202 e. The summed E-state index contributed by atoms with van der Waals surface area (Å²) in [6.07, 6.45) is 2.75. The highest BCUT2D eigenvalue weighted by Gasteiger charge is 2.09. The summed E-state index contributed by atoms with van der Waals surface area (Å²) in [5.41, 5.74) is 0. The summed E-state index contributed by atoms with van der Waals surface area (Å²) in [6, 6.07) is 0. The van der Waals surface area contributed by atoms with Gasteiger partial charge in [-0.25, -0.2) is 0 Å². The summed E-state index contributed by atoms with van der Waals surface area (Å²) >= 11 is 2.07. The number of rotatable bonds is 9. The van der Waals surface area contributed by atoms with Gasteiger partial charge in [-0.15, -0.1) is 0 Å². The van der Waals surface area contributed by atoms with Crippen molar-refractivity contribution in [2.45, 2.75) is 40.5 Å². The van der Waals surface area contributed by atoms with Crippen molar-refractivity contribution in [3.63, 3.8) is 0 Å². The maximum atomic E-state index is 3.47. The van der Waals surface area contributed by atoms with E-state index in [2.05, 4.69) is 44.8 Å². The second-order valence-corrected chi connectivity index (χ2v) is 5.68. The summed E-state index contributed by atoms with van der Waals surface area (Å²) in [7, 11) is 0. The molecular weight excluding hydrogens is 190 g/mol. The van der Waals surface area contributed by atoms with Gasteiger partial charge in [0.25, 0.3) is 0 Å². The molecule has 0 saturated carbocycles. The van der Waals surface area contributed by atoms with Crippen molar-refractivity contribution in [2.75, 3.05) is 24.6 Å². The second-order valence-electron chi connectivity index (χ2n) is 4.29. The Kier molecular flexibility index (Phi) is 10.1. The highest BCUT2D eigenvalue weighted by atomic mass is 32.2. The SMILES string of the molecule is CCNCC(CCSCC)CC(C)C. The van der Waals surface area contributed by atoms with Crippen LogP contribution < -0.4 is 5.32 Å². The fraction of sp³-hybridized carbons (Fsp3) is 1.00. The first-order valence-electron chi connectivity index (χ1n) is 5.99. The van der Waals surface area contributed by atoms with Crippen LogP contribution in [0.3, 0.4) is 0 Å². The zero-order valence-corrected chi connectivity index (χ0v) is 11.1. The zero-order valence-electron chi connectivity index (χ0n) is 10.3. The van der Waals surface area contributed by atoms with E-state index in [0.717, 1.165) is 18.4 Å². The van der Waals surface area contributed by atoms with Crippen molar-refractivity contribution < 1.29 is 0 Å². The van der Waals surface area contributed by atoms with Gasteiger partial charge in [0.15, 0.2) is 0 Å². The Balaban J connectivity index is 3.61. The molecule has 0 aliphatic heterocycles. The lowest BCUT2D eigenvalue weighted by molar-refractivity contribution is 0.383. The second kappa shape index (κ2) is 9.85. The Morgan fingerprint density at radius 3 is 2.43 bits per heavy atom. The van der Waals surface area contributed by atoms with Crippen molar-refractivity contribution in [3.8, 4) is 0 Å². The summed E-state index contributed by atoms with van der Waals surface area (Å²) < 4.78 is 0. The largest absolute Gasteiger partial charge is 0.317 e. The molecule has 0 bridgehead atoms. The van der Waals surface area contributed by atoms with Crippen molar-refractivity contribution in [1.29, 1.82) is 0 Å². The predicted molar refractivity (Wildman–Crippen MR) is 69.1 cm³/mol. The van der Waals surface area contributed by atoms with Crippen LogP contribution in [0.25, 0.3) is 0 Å². The number of thioether (sulfide) groups is 1. The molecule has 0 aromatic rings. The topological polar surface area (TPSA) is 12.0 Å². The predicted octanol–water partition coefficient (Wildman–Crippen LogP) is 3.40. The first-order chi connectivity index (χ1) is 6.70. The van der Waals surface area contributed by atoms with Crippen LogP contribution in [0.15, 0.2) is 0 Å². The van der Waals surface area contributed by atoms with E-state index < -0.39 is 0 Å². The average molecular weight is 217 g/mol. The van der Waals surface area contributed by atoms with Gasteiger partial charge < -0.3 is 5.32 Å². The summed E-state index contributed by atoms with van der Waals surface area (Å²) in [6.45, 7) is 11.4. The van der Waals surface area contributed by atoms with Crippen LogP contribution in [0.1, 0.15) is 40.5 Å². The fourth-order valence-corrected chi connectivity index (χ4v) is 2.50. The molecule has 0 aromatic carbocycles. The quantitative estimate of drug-likeness (QED) is 0.594. The van der Waals surface area contributed by atoms with Gasteiger partial charge in [-0.3, -0.25) is 0 Å². The van der Waals surface area contributed by atoms with Crippen LogP contribution in [-0.2, 0) is 0 Å². The molecule has 1 unspecified atom stereocenters. The molecule has 0 rings (SSSR count).